The van der Waals surface area contributed by atoms with Gasteiger partial charge in [0.1, 0.15) is 0 Å². The minimum absolute atomic E-state index is 0.00953. The number of carbonyl (C=O) groups is 1. The topological polar surface area (TPSA) is 38.8 Å². The number of likely N-dealkylation sites (tertiary alicyclic amines) is 1. The summed E-state index contributed by atoms with van der Waals surface area (Å²) in [5.41, 5.74) is 2.75. The number of urea groups is 1. The van der Waals surface area contributed by atoms with Gasteiger partial charge < -0.3 is 15.1 Å². The van der Waals surface area contributed by atoms with Gasteiger partial charge in [-0.3, -0.25) is 0 Å². The number of benzene rings is 3. The molecule has 6 heteroatoms. The van der Waals surface area contributed by atoms with Crippen molar-refractivity contribution in [3.8, 4) is 0 Å². The maximum Gasteiger partial charge on any atom is 0.316 e. The second-order valence-electron chi connectivity index (χ2n) is 10.5. The summed E-state index contributed by atoms with van der Waals surface area (Å²) in [5.74, 6) is 0.470. The summed E-state index contributed by atoms with van der Waals surface area (Å²) in [6, 6.07) is 32.4. The van der Waals surface area contributed by atoms with E-state index in [2.05, 4.69) is 113 Å². The SMILES string of the molecule is CNC(=O)N(C)CC1(c2ccccc2)CCN(CCC(CN(C)Sc2ccccc2)c2ccccc2)CC1. The monoisotopic (exact) mass is 530 g/mol. The van der Waals surface area contributed by atoms with E-state index in [1.165, 1.54) is 16.0 Å². The standard InChI is InChI=1S/C32H42N4OS/c1-33-31(37)34(2)26-32(29-15-9-5-10-16-29)20-23-36(24-21-32)22-19-28(27-13-7-4-8-14-27)25-35(3)38-30-17-11-6-12-18-30/h4-18,28H,19-26H2,1-3H3,(H,33,37). The highest BCUT2D eigenvalue weighted by atomic mass is 32.2. The molecule has 1 fully saturated rings. The Morgan fingerprint density at radius 1 is 0.921 bits per heavy atom. The second-order valence-corrected chi connectivity index (χ2v) is 11.8. The lowest BCUT2D eigenvalue weighted by atomic mass is 9.72. The van der Waals surface area contributed by atoms with Gasteiger partial charge >= 0.3 is 6.03 Å². The van der Waals surface area contributed by atoms with Crippen LogP contribution >= 0.6 is 11.9 Å². The zero-order valence-corrected chi connectivity index (χ0v) is 23.9. The third-order valence-electron chi connectivity index (χ3n) is 7.85. The van der Waals surface area contributed by atoms with Crippen LogP contribution in [0.15, 0.2) is 95.9 Å². The first-order chi connectivity index (χ1) is 18.5. The Morgan fingerprint density at radius 2 is 1.50 bits per heavy atom. The van der Waals surface area contributed by atoms with Gasteiger partial charge in [0.2, 0.25) is 0 Å². The molecule has 0 bridgehead atoms. The van der Waals surface area contributed by atoms with Crippen LogP contribution in [0, 0.1) is 0 Å². The second kappa shape index (κ2) is 13.8. The van der Waals surface area contributed by atoms with Crippen LogP contribution in [0.3, 0.4) is 0 Å². The van der Waals surface area contributed by atoms with Crippen LogP contribution in [0.2, 0.25) is 0 Å². The number of rotatable bonds is 11. The molecule has 38 heavy (non-hydrogen) atoms. The van der Waals surface area contributed by atoms with Crippen LogP contribution in [-0.4, -0.2) is 74.0 Å². The number of likely N-dealkylation sites (N-methyl/N-ethyl adjacent to an activating group) is 2. The van der Waals surface area contributed by atoms with Crippen molar-refractivity contribution in [2.24, 2.45) is 0 Å². The molecule has 1 saturated heterocycles. The molecule has 202 valence electrons. The molecule has 3 aromatic carbocycles. The van der Waals surface area contributed by atoms with Gasteiger partial charge in [-0.15, -0.1) is 0 Å². The third-order valence-corrected chi connectivity index (χ3v) is 8.79. The fraction of sp³-hybridized carbons (Fsp3) is 0.406. The lowest BCUT2D eigenvalue weighted by Crippen LogP contribution is -2.51. The fourth-order valence-corrected chi connectivity index (χ4v) is 6.58. The minimum atomic E-state index is -0.0223. The van der Waals surface area contributed by atoms with Gasteiger partial charge in [-0.05, 0) is 87.1 Å². The summed E-state index contributed by atoms with van der Waals surface area (Å²) in [7, 11) is 5.81. The highest BCUT2D eigenvalue weighted by molar-refractivity contribution is 7.97. The van der Waals surface area contributed by atoms with Crippen LogP contribution in [0.25, 0.3) is 0 Å². The van der Waals surface area contributed by atoms with Crippen molar-refractivity contribution in [3.05, 3.63) is 102 Å². The number of amides is 2. The maximum atomic E-state index is 12.3. The average molecular weight is 531 g/mol. The van der Waals surface area contributed by atoms with Gasteiger partial charge in [0.25, 0.3) is 0 Å². The molecule has 5 nitrogen and oxygen atoms in total. The molecule has 0 saturated carbocycles. The predicted octanol–water partition coefficient (Wildman–Crippen LogP) is 6.10. The quantitative estimate of drug-likeness (QED) is 0.304. The first-order valence-electron chi connectivity index (χ1n) is 13.7. The number of nitrogens with zero attached hydrogens (tertiary/aromatic N) is 3. The van der Waals surface area contributed by atoms with Gasteiger partial charge in [-0.2, -0.15) is 0 Å². The molecule has 1 aliphatic heterocycles. The molecule has 3 aromatic rings. The number of piperidine rings is 1. The molecule has 0 aliphatic carbocycles. The van der Waals surface area contributed by atoms with E-state index in [1.54, 1.807) is 7.05 Å². The van der Waals surface area contributed by atoms with Crippen molar-refractivity contribution in [3.63, 3.8) is 0 Å². The van der Waals surface area contributed by atoms with Crippen molar-refractivity contribution >= 4 is 18.0 Å². The Bertz CT molecular complexity index is 1100. The van der Waals surface area contributed by atoms with Gasteiger partial charge in [0, 0.05) is 37.5 Å². The Kier molecular flexibility index (Phi) is 10.3. The number of nitrogens with one attached hydrogen (secondary N) is 1. The molecule has 0 radical (unpaired) electrons. The predicted molar refractivity (Wildman–Crippen MR) is 160 cm³/mol. The van der Waals surface area contributed by atoms with E-state index in [9.17, 15) is 4.79 Å². The smallest absolute Gasteiger partial charge is 0.316 e. The van der Waals surface area contributed by atoms with Gasteiger partial charge in [-0.1, -0.05) is 78.9 Å². The van der Waals surface area contributed by atoms with E-state index >= 15 is 0 Å². The van der Waals surface area contributed by atoms with Crippen LogP contribution < -0.4 is 5.32 Å². The molecular weight excluding hydrogens is 488 g/mol. The summed E-state index contributed by atoms with van der Waals surface area (Å²) in [4.78, 5) is 18.1. The fourth-order valence-electron chi connectivity index (χ4n) is 5.69. The van der Waals surface area contributed by atoms with Gasteiger partial charge in [0.05, 0.1) is 0 Å². The zero-order chi connectivity index (χ0) is 26.8. The van der Waals surface area contributed by atoms with Crippen molar-refractivity contribution in [2.75, 3.05) is 53.9 Å². The van der Waals surface area contributed by atoms with Crippen molar-refractivity contribution in [1.82, 2.24) is 19.4 Å². The first kappa shape index (κ1) is 28.2. The Balaban J connectivity index is 1.39. The van der Waals surface area contributed by atoms with E-state index in [4.69, 9.17) is 0 Å². The van der Waals surface area contributed by atoms with Gasteiger partial charge in [0.15, 0.2) is 0 Å². The Labute approximate surface area is 233 Å². The van der Waals surface area contributed by atoms with Crippen LogP contribution in [0.5, 0.6) is 0 Å². The minimum Gasteiger partial charge on any atom is -0.341 e. The normalized spacial score (nSPS) is 16.2. The Hall–Kier alpha value is -2.80. The van der Waals surface area contributed by atoms with Crippen LogP contribution in [0.4, 0.5) is 4.79 Å². The molecule has 0 spiro atoms. The van der Waals surface area contributed by atoms with E-state index in [0.717, 1.165) is 52.0 Å². The summed E-state index contributed by atoms with van der Waals surface area (Å²) in [5, 5.41) is 2.78. The van der Waals surface area contributed by atoms with Crippen molar-refractivity contribution < 1.29 is 4.79 Å². The molecule has 2 amide bonds. The highest BCUT2D eigenvalue weighted by Gasteiger charge is 2.38. The maximum absolute atomic E-state index is 12.3. The van der Waals surface area contributed by atoms with Crippen molar-refractivity contribution in [1.29, 1.82) is 0 Å². The van der Waals surface area contributed by atoms with E-state index in [1.807, 2.05) is 23.9 Å². The van der Waals surface area contributed by atoms with E-state index in [0.29, 0.717) is 5.92 Å². The van der Waals surface area contributed by atoms with Crippen molar-refractivity contribution in [2.45, 2.75) is 35.5 Å². The number of hydrogen-bond acceptors (Lipinski definition) is 4. The third kappa shape index (κ3) is 7.62. The van der Waals surface area contributed by atoms with E-state index in [-0.39, 0.29) is 11.4 Å². The van der Waals surface area contributed by atoms with E-state index < -0.39 is 0 Å². The molecule has 1 N–H and O–H groups in total. The molecule has 1 aliphatic rings. The molecule has 1 unspecified atom stereocenters. The number of hydrogen-bond donors (Lipinski definition) is 1. The summed E-state index contributed by atoms with van der Waals surface area (Å²) in [6.45, 7) is 4.92. The molecule has 1 atom stereocenters. The van der Waals surface area contributed by atoms with Crippen LogP contribution in [0.1, 0.15) is 36.3 Å². The summed E-state index contributed by atoms with van der Waals surface area (Å²) < 4.78 is 2.37. The lowest BCUT2D eigenvalue weighted by molar-refractivity contribution is 0.127. The van der Waals surface area contributed by atoms with Crippen LogP contribution in [-0.2, 0) is 5.41 Å². The molecule has 0 aromatic heterocycles. The molecular formula is C32H42N4OS. The first-order valence-corrected chi connectivity index (χ1v) is 14.5. The zero-order valence-electron chi connectivity index (χ0n) is 23.1. The lowest BCUT2D eigenvalue weighted by Gasteiger charge is -2.44. The van der Waals surface area contributed by atoms with Gasteiger partial charge in [-0.25, -0.2) is 9.10 Å². The average Bonchev–Trinajstić information content (AvgIpc) is 2.97. The highest BCUT2D eigenvalue weighted by Crippen LogP contribution is 2.37. The Morgan fingerprint density at radius 3 is 2.11 bits per heavy atom. The summed E-state index contributed by atoms with van der Waals surface area (Å²) in [6.07, 6.45) is 3.23. The largest absolute Gasteiger partial charge is 0.341 e. The summed E-state index contributed by atoms with van der Waals surface area (Å²) >= 11 is 1.82. The molecule has 4 rings (SSSR count). The molecule has 1 heterocycles. The number of carbonyl (C=O) groups excluding carboxylic acids is 1.